The zero-order chi connectivity index (χ0) is 25.3. The van der Waals surface area contributed by atoms with Crippen molar-refractivity contribution in [3.05, 3.63) is 65.0 Å². The highest BCUT2D eigenvalue weighted by Crippen LogP contribution is 2.39. The van der Waals surface area contributed by atoms with Crippen molar-refractivity contribution in [3.8, 4) is 11.4 Å². The molecule has 0 unspecified atom stereocenters. The fraction of sp³-hybridized carbons (Fsp3) is 0.250. The van der Waals surface area contributed by atoms with Gasteiger partial charge >= 0.3 is 24.4 Å². The fourth-order valence-electron chi connectivity index (χ4n) is 2.84. The molecule has 0 spiro atoms. The van der Waals surface area contributed by atoms with Crippen LogP contribution in [0.25, 0.3) is 11.4 Å². The molecule has 5 nitrogen and oxygen atoms in total. The third-order valence-electron chi connectivity index (χ3n) is 4.44. The second kappa shape index (κ2) is 8.99. The summed E-state index contributed by atoms with van der Waals surface area (Å²) in [5, 5.41) is 5.14. The summed E-state index contributed by atoms with van der Waals surface area (Å²) in [4.78, 5) is 15.0. The van der Waals surface area contributed by atoms with E-state index in [9.17, 15) is 44.3 Å². The smallest absolute Gasteiger partial charge is 0.329 e. The van der Waals surface area contributed by atoms with Crippen molar-refractivity contribution in [1.82, 2.24) is 10.1 Å². The van der Waals surface area contributed by atoms with Gasteiger partial charge in [0.15, 0.2) is 0 Å². The van der Waals surface area contributed by atoms with Crippen molar-refractivity contribution < 1.29 is 48.8 Å². The van der Waals surface area contributed by atoms with Crippen LogP contribution in [0.3, 0.4) is 0 Å². The summed E-state index contributed by atoms with van der Waals surface area (Å²) in [5.41, 5.74) is -3.00. The Balaban J connectivity index is 1.74. The highest BCUT2D eigenvalue weighted by atomic mass is 19.4. The molecule has 3 aromatic rings. The fourth-order valence-corrected chi connectivity index (χ4v) is 2.84. The Morgan fingerprint density at radius 1 is 0.853 bits per heavy atom. The lowest BCUT2D eigenvalue weighted by Gasteiger charge is -2.13. The maximum absolute atomic E-state index is 13.5. The molecule has 0 aliphatic heterocycles. The zero-order valence-electron chi connectivity index (χ0n) is 16.6. The molecule has 3 rings (SSSR count). The predicted molar refractivity (Wildman–Crippen MR) is 98.1 cm³/mol. The van der Waals surface area contributed by atoms with Gasteiger partial charge < -0.3 is 9.84 Å². The van der Waals surface area contributed by atoms with Gasteiger partial charge in [0.25, 0.3) is 0 Å². The number of carbonyl (C=O) groups is 1. The first-order valence-corrected chi connectivity index (χ1v) is 9.23. The Morgan fingerprint density at radius 2 is 1.50 bits per heavy atom. The van der Waals surface area contributed by atoms with E-state index in [1.807, 2.05) is 0 Å². The maximum atomic E-state index is 13.5. The molecule has 34 heavy (non-hydrogen) atoms. The molecule has 0 radical (unpaired) electrons. The summed E-state index contributed by atoms with van der Waals surface area (Å²) >= 11 is 0. The van der Waals surface area contributed by atoms with Crippen molar-refractivity contribution >= 4 is 11.6 Å². The molecule has 0 saturated carbocycles. The van der Waals surface area contributed by atoms with E-state index in [2.05, 4.69) is 20.0 Å². The lowest BCUT2D eigenvalue weighted by molar-refractivity contribution is -0.159. The van der Waals surface area contributed by atoms with Crippen molar-refractivity contribution in [1.29, 1.82) is 0 Å². The predicted octanol–water partition coefficient (Wildman–Crippen LogP) is 6.36. The highest BCUT2D eigenvalue weighted by Gasteiger charge is 2.40. The average molecular weight is 497 g/mol. The summed E-state index contributed by atoms with van der Waals surface area (Å²) in [7, 11) is 0. The number of hydrogen-bond donors (Lipinski definition) is 1. The monoisotopic (exact) mass is 497 g/mol. The van der Waals surface area contributed by atoms with Crippen LogP contribution in [0.2, 0.25) is 0 Å². The van der Waals surface area contributed by atoms with E-state index in [4.69, 9.17) is 0 Å². The van der Waals surface area contributed by atoms with Crippen LogP contribution in [0.1, 0.15) is 29.0 Å². The summed E-state index contributed by atoms with van der Waals surface area (Å²) < 4.78 is 120. The molecule has 1 N–H and O–H groups in total. The number of nitrogens with zero attached hydrogens (tertiary/aromatic N) is 2. The first-order valence-electron chi connectivity index (χ1n) is 9.23. The molecule has 182 valence electrons. The van der Waals surface area contributed by atoms with Crippen LogP contribution in [0, 0.1) is 0 Å². The lowest BCUT2D eigenvalue weighted by Crippen LogP contribution is -2.14. The van der Waals surface area contributed by atoms with Crippen LogP contribution in [-0.4, -0.2) is 16.0 Å². The van der Waals surface area contributed by atoms with Crippen LogP contribution in [-0.2, 0) is 29.7 Å². The maximum Gasteiger partial charge on any atom is 0.471 e. The Labute approximate surface area is 184 Å². The molecule has 1 heterocycles. The Morgan fingerprint density at radius 3 is 2.03 bits per heavy atom. The SMILES string of the molecule is O=C(CCc1ccc(C(F)(F)F)cc1)Nc1ccc(-c2noc(C(F)(F)F)n2)c(C(F)(F)F)c1. The summed E-state index contributed by atoms with van der Waals surface area (Å²) in [6, 6.07) is 6.30. The summed E-state index contributed by atoms with van der Waals surface area (Å²) in [6.07, 6.45) is -14.8. The Kier molecular flexibility index (Phi) is 6.62. The minimum atomic E-state index is -5.05. The quantitative estimate of drug-likeness (QED) is 0.417. The van der Waals surface area contributed by atoms with Gasteiger partial charge in [0, 0.05) is 17.7 Å². The average Bonchev–Trinajstić information content (AvgIpc) is 3.22. The lowest BCUT2D eigenvalue weighted by atomic mass is 10.0. The third kappa shape index (κ3) is 6.05. The number of carbonyl (C=O) groups excluding carboxylic acids is 1. The number of nitrogens with one attached hydrogen (secondary N) is 1. The van der Waals surface area contributed by atoms with Gasteiger partial charge in [-0.05, 0) is 42.3 Å². The van der Waals surface area contributed by atoms with Crippen molar-refractivity contribution in [2.24, 2.45) is 0 Å². The van der Waals surface area contributed by atoms with Crippen molar-refractivity contribution in [2.45, 2.75) is 31.4 Å². The molecule has 0 aliphatic rings. The second-order valence-electron chi connectivity index (χ2n) is 6.92. The zero-order valence-corrected chi connectivity index (χ0v) is 16.6. The number of halogens is 9. The molecule has 0 fully saturated rings. The van der Waals surface area contributed by atoms with E-state index >= 15 is 0 Å². The molecule has 1 aromatic heterocycles. The van der Waals surface area contributed by atoms with Crippen molar-refractivity contribution in [2.75, 3.05) is 5.32 Å². The Bertz CT molecular complexity index is 1160. The first kappa shape index (κ1) is 25.1. The summed E-state index contributed by atoms with van der Waals surface area (Å²) in [6.45, 7) is 0. The molecule has 0 aliphatic carbocycles. The molecule has 0 atom stereocenters. The van der Waals surface area contributed by atoms with Gasteiger partial charge in [-0.25, -0.2) is 0 Å². The number of amides is 1. The molecule has 1 amide bonds. The van der Waals surface area contributed by atoms with Gasteiger partial charge in [0.2, 0.25) is 11.7 Å². The van der Waals surface area contributed by atoms with E-state index in [1.54, 1.807) is 0 Å². The largest absolute Gasteiger partial charge is 0.471 e. The second-order valence-corrected chi connectivity index (χ2v) is 6.92. The van der Waals surface area contributed by atoms with Crippen LogP contribution >= 0.6 is 0 Å². The molecular weight excluding hydrogens is 485 g/mol. The van der Waals surface area contributed by atoms with Gasteiger partial charge in [-0.2, -0.15) is 44.5 Å². The van der Waals surface area contributed by atoms with Crippen LogP contribution in [0.5, 0.6) is 0 Å². The first-order chi connectivity index (χ1) is 15.6. The third-order valence-corrected chi connectivity index (χ3v) is 4.44. The van der Waals surface area contributed by atoms with Crippen LogP contribution in [0.4, 0.5) is 45.2 Å². The standard InChI is InChI=1S/C20H12F9N3O2/c21-18(22,23)11-4-1-10(2-5-11)3-8-15(33)30-12-6-7-13(14(9-12)19(24,25)26)16-31-17(34-32-16)20(27,28)29/h1-2,4-7,9H,3,8H2,(H,30,33). The number of aromatic nitrogens is 2. The molecule has 0 bridgehead atoms. The molecule has 14 heteroatoms. The van der Waals surface area contributed by atoms with E-state index in [-0.39, 0.29) is 18.5 Å². The summed E-state index contributed by atoms with van der Waals surface area (Å²) in [5.74, 6) is -3.50. The van der Waals surface area contributed by atoms with Gasteiger partial charge in [0.05, 0.1) is 11.1 Å². The van der Waals surface area contributed by atoms with E-state index in [1.165, 1.54) is 12.1 Å². The van der Waals surface area contributed by atoms with Crippen LogP contribution in [0.15, 0.2) is 47.0 Å². The van der Waals surface area contributed by atoms with E-state index < -0.39 is 52.8 Å². The van der Waals surface area contributed by atoms with E-state index in [0.29, 0.717) is 11.6 Å². The van der Waals surface area contributed by atoms with Crippen molar-refractivity contribution in [3.63, 3.8) is 0 Å². The number of rotatable bonds is 5. The number of alkyl halides is 9. The number of benzene rings is 2. The minimum Gasteiger partial charge on any atom is -0.329 e. The molecule has 0 saturated heterocycles. The topological polar surface area (TPSA) is 68.0 Å². The highest BCUT2D eigenvalue weighted by molar-refractivity contribution is 5.91. The van der Waals surface area contributed by atoms with Gasteiger partial charge in [-0.1, -0.05) is 17.3 Å². The van der Waals surface area contributed by atoms with Gasteiger partial charge in [0.1, 0.15) is 0 Å². The number of aryl methyl sites for hydroxylation is 1. The van der Waals surface area contributed by atoms with Gasteiger partial charge in [-0.15, -0.1) is 0 Å². The molecule has 2 aromatic carbocycles. The van der Waals surface area contributed by atoms with Crippen LogP contribution < -0.4 is 5.32 Å². The Hall–Kier alpha value is -3.58. The molecular formula is C20H12F9N3O2. The van der Waals surface area contributed by atoms with E-state index in [0.717, 1.165) is 24.3 Å². The number of hydrogen-bond acceptors (Lipinski definition) is 4. The normalized spacial score (nSPS) is 12.6. The number of anilines is 1. The van der Waals surface area contributed by atoms with Gasteiger partial charge in [-0.3, -0.25) is 4.79 Å². The minimum absolute atomic E-state index is 0.0112.